The van der Waals surface area contributed by atoms with Gasteiger partial charge in [0.2, 0.25) is 0 Å². The van der Waals surface area contributed by atoms with Gasteiger partial charge < -0.3 is 9.47 Å². The second-order valence-electron chi connectivity index (χ2n) is 15.3. The lowest BCUT2D eigenvalue weighted by Gasteiger charge is -2.28. The minimum atomic E-state index is 0.265. The number of aromatic nitrogens is 1. The molecule has 268 valence electrons. The quantitative estimate of drug-likeness (QED) is 0.170. The predicted octanol–water partition coefficient (Wildman–Crippen LogP) is 14.9. The lowest BCUT2D eigenvalue weighted by Crippen LogP contribution is -2.28. The number of para-hydroxylation sites is 1. The van der Waals surface area contributed by atoms with E-state index in [9.17, 15) is 0 Å². The third-order valence-electron chi connectivity index (χ3n) is 12.1. The van der Waals surface area contributed by atoms with E-state index in [1.165, 1.54) is 92.3 Å². The molecule has 0 bridgehead atoms. The molecule has 0 amide bonds. The fourth-order valence-corrected chi connectivity index (χ4v) is 10.5. The van der Waals surface area contributed by atoms with Gasteiger partial charge in [0.05, 0.1) is 17.1 Å². The lowest BCUT2D eigenvalue weighted by molar-refractivity contribution is 0.745. The maximum absolute atomic E-state index is 2.50. The number of hydrogen-bond acceptors (Lipinski definition) is 2. The van der Waals surface area contributed by atoms with Crippen molar-refractivity contribution in [3.05, 3.63) is 212 Å². The predicted molar refractivity (Wildman–Crippen MR) is 243 cm³/mol. The van der Waals surface area contributed by atoms with Gasteiger partial charge in [-0.05, 0) is 118 Å². The number of benzene rings is 8. The summed E-state index contributed by atoms with van der Waals surface area (Å²) in [5.41, 5.74) is 14.8. The summed E-state index contributed by atoms with van der Waals surface area (Å²) in [6, 6.07) is 67.6. The molecule has 1 aliphatic heterocycles. The van der Waals surface area contributed by atoms with Crippen molar-refractivity contribution >= 4 is 64.7 Å². The molecule has 10 aromatic rings. The van der Waals surface area contributed by atoms with Gasteiger partial charge >= 0.3 is 0 Å². The molecule has 2 aliphatic rings. The molecule has 3 heteroatoms. The van der Waals surface area contributed by atoms with Crippen molar-refractivity contribution < 1.29 is 0 Å². The summed E-state index contributed by atoms with van der Waals surface area (Å²) in [4.78, 5) is 2.50. The molecule has 1 aliphatic carbocycles. The first-order chi connectivity index (χ1) is 28.2. The van der Waals surface area contributed by atoms with E-state index in [4.69, 9.17) is 0 Å². The minimum absolute atomic E-state index is 0.265. The summed E-state index contributed by atoms with van der Waals surface area (Å²) in [5, 5.41) is 5.16. The van der Waals surface area contributed by atoms with Gasteiger partial charge in [0.1, 0.15) is 0 Å². The Morgan fingerprint density at radius 1 is 0.386 bits per heavy atom. The van der Waals surface area contributed by atoms with Crippen LogP contribution < -0.4 is 4.90 Å². The fraction of sp³-hybridized carbons (Fsp3) is 0.0370. The molecule has 2 aromatic heterocycles. The van der Waals surface area contributed by atoms with Crippen LogP contribution in [0.1, 0.15) is 11.5 Å². The van der Waals surface area contributed by atoms with E-state index in [0.717, 1.165) is 5.69 Å². The van der Waals surface area contributed by atoms with Crippen molar-refractivity contribution in [3.8, 4) is 39.1 Å². The second-order valence-corrected chi connectivity index (χ2v) is 16.4. The minimum Gasteiger partial charge on any atom is -0.333 e. The number of rotatable bonds is 5. The zero-order valence-electron chi connectivity index (χ0n) is 31.1. The Hall–Kier alpha value is -6.94. The molecule has 0 spiro atoms. The van der Waals surface area contributed by atoms with Crippen molar-refractivity contribution in [2.24, 2.45) is 0 Å². The van der Waals surface area contributed by atoms with Crippen LogP contribution in [0.4, 0.5) is 11.4 Å². The van der Waals surface area contributed by atoms with Crippen LogP contribution in [0.3, 0.4) is 0 Å². The first-order valence-corrected chi connectivity index (χ1v) is 20.6. The third-order valence-corrected chi connectivity index (χ3v) is 13.3. The first kappa shape index (κ1) is 32.3. The molecule has 0 fully saturated rings. The van der Waals surface area contributed by atoms with E-state index in [0.29, 0.717) is 5.92 Å². The lowest BCUT2D eigenvalue weighted by atomic mass is 9.89. The molecule has 2 atom stereocenters. The molecular weight excluding hydrogens is 709 g/mol. The Labute approximate surface area is 335 Å². The summed E-state index contributed by atoms with van der Waals surface area (Å²) < 4.78 is 5.10. The Morgan fingerprint density at radius 2 is 0.947 bits per heavy atom. The molecule has 0 saturated carbocycles. The summed E-state index contributed by atoms with van der Waals surface area (Å²) >= 11 is 1.87. The SMILES string of the molecule is C1=CC2c3cc(-c4ccc5c(c4)c4cc(-c6ccc7sc8ccccc8c7c6)ccc4n5-c4ccc(-c5ccccc5)cc4)ccc3N(c3ccccc3)C2C=C1. The highest BCUT2D eigenvalue weighted by Gasteiger charge is 2.37. The van der Waals surface area contributed by atoms with Gasteiger partial charge in [-0.3, -0.25) is 0 Å². The van der Waals surface area contributed by atoms with Gasteiger partial charge in [-0.2, -0.15) is 0 Å². The van der Waals surface area contributed by atoms with E-state index < -0.39 is 0 Å². The second kappa shape index (κ2) is 12.8. The van der Waals surface area contributed by atoms with Crippen LogP contribution in [0.5, 0.6) is 0 Å². The number of nitrogens with zero attached hydrogens (tertiary/aromatic N) is 2. The van der Waals surface area contributed by atoms with Crippen LogP contribution in [0.25, 0.3) is 81.0 Å². The Kier molecular flexibility index (Phi) is 7.26. The van der Waals surface area contributed by atoms with Crippen LogP contribution >= 0.6 is 11.3 Å². The van der Waals surface area contributed by atoms with Gasteiger partial charge in [0.25, 0.3) is 0 Å². The molecule has 3 heterocycles. The molecule has 2 nitrogen and oxygen atoms in total. The monoisotopic (exact) mass is 744 g/mol. The van der Waals surface area contributed by atoms with Crippen molar-refractivity contribution in [1.29, 1.82) is 0 Å². The molecule has 12 rings (SSSR count). The fourth-order valence-electron chi connectivity index (χ4n) is 9.41. The zero-order chi connectivity index (χ0) is 37.5. The largest absolute Gasteiger partial charge is 0.333 e. The van der Waals surface area contributed by atoms with Crippen LogP contribution in [0.2, 0.25) is 0 Å². The van der Waals surface area contributed by atoms with E-state index in [1.54, 1.807) is 0 Å². The van der Waals surface area contributed by atoms with Crippen LogP contribution in [0, 0.1) is 0 Å². The average molecular weight is 745 g/mol. The Balaban J connectivity index is 1.02. The highest BCUT2D eigenvalue weighted by Crippen LogP contribution is 2.49. The standard InChI is InChI=1S/C54H36N2S/c1-3-11-35(12-4-1)36-19-25-42(26-20-36)56-51-28-22-38(37-21-27-50-45(31-37)43-15-7-9-17-49(43)55(50)41-13-5-2-6-14-41)32-46(51)47-33-39(23-29-52(47)56)40-24-30-54-48(34-40)44-16-8-10-18-53(44)57-54/h1-34,43,49H. The van der Waals surface area contributed by atoms with Gasteiger partial charge in [-0.1, -0.05) is 127 Å². The zero-order valence-corrected chi connectivity index (χ0v) is 31.9. The van der Waals surface area contributed by atoms with Gasteiger partial charge in [-0.15, -0.1) is 11.3 Å². The topological polar surface area (TPSA) is 8.17 Å². The number of anilines is 2. The number of thiophene rings is 1. The molecule has 57 heavy (non-hydrogen) atoms. The molecular formula is C54H36N2S. The summed E-state index contributed by atoms with van der Waals surface area (Å²) in [6.45, 7) is 0. The third kappa shape index (κ3) is 5.16. The van der Waals surface area contributed by atoms with Crippen molar-refractivity contribution in [3.63, 3.8) is 0 Å². The molecule has 0 saturated heterocycles. The van der Waals surface area contributed by atoms with Crippen molar-refractivity contribution in [1.82, 2.24) is 4.57 Å². The summed E-state index contributed by atoms with van der Waals surface area (Å²) in [6.07, 6.45) is 9.11. The van der Waals surface area contributed by atoms with Gasteiger partial charge in [0, 0.05) is 53.9 Å². The maximum atomic E-state index is 2.50. The number of fused-ring (bicyclic) bond motifs is 9. The Bertz CT molecular complexity index is 3240. The van der Waals surface area contributed by atoms with Crippen molar-refractivity contribution in [2.75, 3.05) is 4.90 Å². The maximum Gasteiger partial charge on any atom is 0.0629 e. The Morgan fingerprint density at radius 3 is 1.70 bits per heavy atom. The highest BCUT2D eigenvalue weighted by atomic mass is 32.1. The van der Waals surface area contributed by atoms with Crippen LogP contribution in [-0.4, -0.2) is 10.6 Å². The van der Waals surface area contributed by atoms with Gasteiger partial charge in [-0.25, -0.2) is 0 Å². The van der Waals surface area contributed by atoms with Crippen LogP contribution in [0.15, 0.2) is 206 Å². The van der Waals surface area contributed by atoms with E-state index >= 15 is 0 Å². The number of hydrogen-bond donors (Lipinski definition) is 0. The highest BCUT2D eigenvalue weighted by molar-refractivity contribution is 7.25. The summed E-state index contributed by atoms with van der Waals surface area (Å²) in [7, 11) is 0. The molecule has 2 unspecified atom stereocenters. The molecule has 0 radical (unpaired) electrons. The van der Waals surface area contributed by atoms with Crippen molar-refractivity contribution in [2.45, 2.75) is 12.0 Å². The normalized spacial score (nSPS) is 15.9. The molecule has 0 N–H and O–H groups in total. The van der Waals surface area contributed by atoms with Crippen LogP contribution in [-0.2, 0) is 0 Å². The number of allylic oxidation sites excluding steroid dienone is 2. The molecule has 8 aromatic carbocycles. The average Bonchev–Trinajstić information content (AvgIpc) is 3.93. The van der Waals surface area contributed by atoms with E-state index in [2.05, 4.69) is 216 Å². The van der Waals surface area contributed by atoms with E-state index in [-0.39, 0.29) is 6.04 Å². The smallest absolute Gasteiger partial charge is 0.0629 e. The first-order valence-electron chi connectivity index (χ1n) is 19.7. The summed E-state index contributed by atoms with van der Waals surface area (Å²) in [5.74, 6) is 0.301. The van der Waals surface area contributed by atoms with Gasteiger partial charge in [0.15, 0.2) is 0 Å². The van der Waals surface area contributed by atoms with E-state index in [1.807, 2.05) is 11.3 Å².